The normalized spacial score (nSPS) is 16.6. The lowest BCUT2D eigenvalue weighted by molar-refractivity contribution is -0.117. The van der Waals surface area contributed by atoms with Gasteiger partial charge in [-0.05, 0) is 6.92 Å². The highest BCUT2D eigenvalue weighted by atomic mass is 35.5. The van der Waals surface area contributed by atoms with E-state index in [0.717, 1.165) is 5.84 Å². The van der Waals surface area contributed by atoms with Gasteiger partial charge in [0.05, 0.1) is 0 Å². The van der Waals surface area contributed by atoms with Gasteiger partial charge in [0.1, 0.15) is 12.4 Å². The number of amidine groups is 1. The summed E-state index contributed by atoms with van der Waals surface area (Å²) in [6, 6.07) is 0. The molecule has 0 fully saturated rings. The summed E-state index contributed by atoms with van der Waals surface area (Å²) in [7, 11) is 0. The van der Waals surface area contributed by atoms with Crippen molar-refractivity contribution in [1.82, 2.24) is 5.32 Å². The number of carbonyl (C=O) groups is 1. The number of hydrogen-bond donors (Lipinski definition) is 1. The SMILES string of the molecule is CC1=NCC(=O)N1.Cl. The molecule has 0 unspecified atom stereocenters. The second-order valence-corrected chi connectivity index (χ2v) is 1.45. The molecule has 0 saturated carbocycles. The van der Waals surface area contributed by atoms with E-state index in [2.05, 4.69) is 10.3 Å². The minimum atomic E-state index is -0.00231. The Labute approximate surface area is 53.6 Å². The number of nitrogens with zero attached hydrogens (tertiary/aromatic N) is 1. The maximum atomic E-state index is 10.2. The maximum absolute atomic E-state index is 10.2. The monoisotopic (exact) mass is 134 g/mol. The first-order valence-corrected chi connectivity index (χ1v) is 2.10. The summed E-state index contributed by atoms with van der Waals surface area (Å²) in [4.78, 5) is 14.0. The van der Waals surface area contributed by atoms with Crippen LogP contribution in [-0.2, 0) is 4.79 Å². The molecular weight excluding hydrogens is 128 g/mol. The van der Waals surface area contributed by atoms with Crippen LogP contribution in [0.4, 0.5) is 0 Å². The fraction of sp³-hybridized carbons (Fsp3) is 0.500. The van der Waals surface area contributed by atoms with Crippen molar-refractivity contribution < 1.29 is 4.79 Å². The Morgan fingerprint density at radius 2 is 2.38 bits per heavy atom. The zero-order valence-electron chi connectivity index (χ0n) is 4.47. The highest BCUT2D eigenvalue weighted by Crippen LogP contribution is 1.82. The molecule has 3 nitrogen and oxygen atoms in total. The molecule has 1 aliphatic heterocycles. The molecule has 0 saturated heterocycles. The van der Waals surface area contributed by atoms with Crippen LogP contribution in [0, 0.1) is 0 Å². The number of carbonyl (C=O) groups excluding carboxylic acids is 1. The summed E-state index contributed by atoms with van der Waals surface area (Å²) >= 11 is 0. The first-order valence-electron chi connectivity index (χ1n) is 2.10. The van der Waals surface area contributed by atoms with E-state index in [1.807, 2.05) is 0 Å². The lowest BCUT2D eigenvalue weighted by atomic mass is 10.6. The predicted molar refractivity (Wildman–Crippen MR) is 33.4 cm³/mol. The number of hydrogen-bond acceptors (Lipinski definition) is 2. The van der Waals surface area contributed by atoms with Crippen molar-refractivity contribution in [2.75, 3.05) is 6.54 Å². The van der Waals surface area contributed by atoms with Crippen LogP contribution in [-0.4, -0.2) is 18.3 Å². The quantitative estimate of drug-likeness (QED) is 0.496. The molecule has 0 spiro atoms. The molecule has 0 aromatic rings. The largest absolute Gasteiger partial charge is 0.313 e. The van der Waals surface area contributed by atoms with Crippen LogP contribution in [0.1, 0.15) is 6.92 Å². The molecule has 0 aliphatic carbocycles. The van der Waals surface area contributed by atoms with E-state index < -0.39 is 0 Å². The minimum absolute atomic E-state index is 0. The summed E-state index contributed by atoms with van der Waals surface area (Å²) in [6.07, 6.45) is 0. The third-order valence-electron chi connectivity index (χ3n) is 0.780. The van der Waals surface area contributed by atoms with Gasteiger partial charge in [0.15, 0.2) is 0 Å². The van der Waals surface area contributed by atoms with Crippen LogP contribution in [0.2, 0.25) is 0 Å². The minimum Gasteiger partial charge on any atom is -0.313 e. The van der Waals surface area contributed by atoms with Gasteiger partial charge in [-0.25, -0.2) is 0 Å². The molecule has 1 aliphatic rings. The summed E-state index contributed by atoms with van der Waals surface area (Å²) < 4.78 is 0. The molecular formula is C4H7ClN2O. The van der Waals surface area contributed by atoms with E-state index >= 15 is 0 Å². The van der Waals surface area contributed by atoms with Crippen molar-refractivity contribution in [2.24, 2.45) is 4.99 Å². The summed E-state index contributed by atoms with van der Waals surface area (Å²) in [6.45, 7) is 2.08. The second-order valence-electron chi connectivity index (χ2n) is 1.45. The van der Waals surface area contributed by atoms with Crippen LogP contribution in [0.5, 0.6) is 0 Å². The van der Waals surface area contributed by atoms with E-state index in [1.54, 1.807) is 6.92 Å². The molecule has 46 valence electrons. The number of aliphatic imine (C=N–C) groups is 1. The zero-order chi connectivity index (χ0) is 5.28. The number of amides is 1. The van der Waals surface area contributed by atoms with E-state index in [4.69, 9.17) is 0 Å². The Morgan fingerprint density at radius 1 is 1.75 bits per heavy atom. The van der Waals surface area contributed by atoms with Crippen molar-refractivity contribution in [3.8, 4) is 0 Å². The molecule has 0 atom stereocenters. The van der Waals surface area contributed by atoms with Gasteiger partial charge < -0.3 is 5.32 Å². The highest BCUT2D eigenvalue weighted by molar-refractivity contribution is 6.02. The Morgan fingerprint density at radius 3 is 2.50 bits per heavy atom. The van der Waals surface area contributed by atoms with Gasteiger partial charge in [0, 0.05) is 0 Å². The van der Waals surface area contributed by atoms with Gasteiger partial charge in [-0.3, -0.25) is 9.79 Å². The molecule has 0 aromatic carbocycles. The zero-order valence-corrected chi connectivity index (χ0v) is 5.29. The van der Waals surface area contributed by atoms with Gasteiger partial charge in [-0.2, -0.15) is 0 Å². The number of halogens is 1. The molecule has 4 heteroatoms. The smallest absolute Gasteiger partial charge is 0.246 e. The van der Waals surface area contributed by atoms with Crippen LogP contribution >= 0.6 is 12.4 Å². The third-order valence-corrected chi connectivity index (χ3v) is 0.780. The van der Waals surface area contributed by atoms with Crippen molar-refractivity contribution in [3.05, 3.63) is 0 Å². The fourth-order valence-electron chi connectivity index (χ4n) is 0.471. The molecule has 0 radical (unpaired) electrons. The second kappa shape index (κ2) is 2.67. The van der Waals surface area contributed by atoms with E-state index in [9.17, 15) is 4.79 Å². The molecule has 8 heavy (non-hydrogen) atoms. The maximum Gasteiger partial charge on any atom is 0.246 e. The first-order chi connectivity index (χ1) is 3.29. The fourth-order valence-corrected chi connectivity index (χ4v) is 0.471. The third kappa shape index (κ3) is 1.50. The summed E-state index contributed by atoms with van der Waals surface area (Å²) in [5.41, 5.74) is 0. The predicted octanol–water partition coefficient (Wildman–Crippen LogP) is -0.0436. The standard InChI is InChI=1S/C4H6N2O.ClH/c1-3-5-2-4(7)6-3;/h2H2,1H3,(H,5,6,7);1H. The van der Waals surface area contributed by atoms with Crippen LogP contribution in [0.3, 0.4) is 0 Å². The molecule has 0 aromatic heterocycles. The molecule has 1 amide bonds. The molecule has 1 N–H and O–H groups in total. The average molecular weight is 135 g/mol. The molecule has 1 rings (SSSR count). The van der Waals surface area contributed by atoms with E-state index in [1.165, 1.54) is 0 Å². The van der Waals surface area contributed by atoms with Crippen molar-refractivity contribution in [1.29, 1.82) is 0 Å². The highest BCUT2D eigenvalue weighted by Gasteiger charge is 2.06. The molecule has 1 heterocycles. The van der Waals surface area contributed by atoms with Crippen molar-refractivity contribution in [2.45, 2.75) is 6.92 Å². The van der Waals surface area contributed by atoms with Gasteiger partial charge in [-0.1, -0.05) is 0 Å². The average Bonchev–Trinajstić information content (AvgIpc) is 1.87. The van der Waals surface area contributed by atoms with Crippen molar-refractivity contribution in [3.63, 3.8) is 0 Å². The molecule has 0 bridgehead atoms. The van der Waals surface area contributed by atoms with Crippen molar-refractivity contribution >= 4 is 24.1 Å². The van der Waals surface area contributed by atoms with Gasteiger partial charge in [0.25, 0.3) is 0 Å². The summed E-state index contributed by atoms with van der Waals surface area (Å²) in [5.74, 6) is 0.725. The van der Waals surface area contributed by atoms with Gasteiger partial charge in [0.2, 0.25) is 5.91 Å². The Hall–Kier alpha value is -0.570. The van der Waals surface area contributed by atoms with Gasteiger partial charge in [-0.15, -0.1) is 12.4 Å². The Bertz CT molecular complexity index is 132. The van der Waals surface area contributed by atoms with E-state index in [0.29, 0.717) is 6.54 Å². The lowest BCUT2D eigenvalue weighted by Gasteiger charge is -1.84. The first kappa shape index (κ1) is 7.43. The lowest BCUT2D eigenvalue weighted by Crippen LogP contribution is -2.21. The van der Waals surface area contributed by atoms with E-state index in [-0.39, 0.29) is 18.3 Å². The topological polar surface area (TPSA) is 41.5 Å². The number of nitrogens with one attached hydrogen (secondary N) is 1. The van der Waals surface area contributed by atoms with Crippen LogP contribution < -0.4 is 5.32 Å². The Kier molecular flexibility index (Phi) is 2.48. The summed E-state index contributed by atoms with van der Waals surface area (Å²) in [5, 5.41) is 2.53. The van der Waals surface area contributed by atoms with Crippen LogP contribution in [0.25, 0.3) is 0 Å². The van der Waals surface area contributed by atoms with Gasteiger partial charge >= 0.3 is 0 Å². The number of rotatable bonds is 0. The Balaban J connectivity index is 0.000000490. The van der Waals surface area contributed by atoms with Crippen LogP contribution in [0.15, 0.2) is 4.99 Å².